The minimum Gasteiger partial charge on any atom is -0.465 e. The molecule has 0 unspecified atom stereocenters. The molecule has 1 aliphatic heterocycles. The molecule has 0 aliphatic carbocycles. The summed E-state index contributed by atoms with van der Waals surface area (Å²) in [6, 6.07) is 12.4. The van der Waals surface area contributed by atoms with Crippen molar-refractivity contribution in [2.45, 2.75) is 19.4 Å². The minimum atomic E-state index is -0.614. The monoisotopic (exact) mass is 353 g/mol. The number of hydrogen-bond donors (Lipinski definition) is 0. The molecule has 0 radical (unpaired) electrons. The zero-order valence-electron chi connectivity index (χ0n) is 14.6. The van der Waals surface area contributed by atoms with E-state index in [2.05, 4.69) is 17.0 Å². The van der Waals surface area contributed by atoms with Crippen LogP contribution in [0.25, 0.3) is 22.3 Å². The fourth-order valence-electron chi connectivity index (χ4n) is 3.49. The summed E-state index contributed by atoms with van der Waals surface area (Å²) in [7, 11) is 1.27. The summed E-state index contributed by atoms with van der Waals surface area (Å²) in [5, 5.41) is 0.543. The smallest absolute Gasteiger partial charge is 0.341 e. The number of ether oxygens (including phenoxy) is 1. The molecule has 0 N–H and O–H groups in total. The van der Waals surface area contributed by atoms with Gasteiger partial charge in [0, 0.05) is 17.5 Å². The summed E-state index contributed by atoms with van der Waals surface area (Å²) >= 11 is 0. The normalized spacial score (nSPS) is 14.8. The van der Waals surface area contributed by atoms with Gasteiger partial charge in [-0.3, -0.25) is 4.90 Å². The van der Waals surface area contributed by atoms with E-state index in [1.54, 1.807) is 6.07 Å². The SMILES string of the molecule is COC(=O)c1cc(F)cc2cc(-c3ccc(CN4CCCC4)cc3)oc12. The minimum absolute atomic E-state index is 0.0967. The lowest BCUT2D eigenvalue weighted by molar-refractivity contribution is 0.0601. The predicted octanol–water partition coefficient (Wildman–Crippen LogP) is 4.62. The van der Waals surface area contributed by atoms with Gasteiger partial charge in [-0.1, -0.05) is 24.3 Å². The first-order valence-corrected chi connectivity index (χ1v) is 8.77. The lowest BCUT2D eigenvalue weighted by atomic mass is 10.1. The lowest BCUT2D eigenvalue weighted by Crippen LogP contribution is -2.18. The number of nitrogens with zero attached hydrogens (tertiary/aromatic N) is 1. The summed E-state index contributed by atoms with van der Waals surface area (Å²) in [6.07, 6.45) is 2.55. The van der Waals surface area contributed by atoms with Crippen LogP contribution >= 0.6 is 0 Å². The molecule has 134 valence electrons. The first kappa shape index (κ1) is 16.8. The van der Waals surface area contributed by atoms with Crippen LogP contribution in [0.1, 0.15) is 28.8 Å². The van der Waals surface area contributed by atoms with Gasteiger partial charge in [0.05, 0.1) is 7.11 Å². The number of fused-ring (bicyclic) bond motifs is 1. The van der Waals surface area contributed by atoms with Gasteiger partial charge in [0.1, 0.15) is 22.7 Å². The summed E-state index contributed by atoms with van der Waals surface area (Å²) in [4.78, 5) is 14.3. The van der Waals surface area contributed by atoms with E-state index in [1.165, 1.54) is 31.6 Å². The molecule has 1 aliphatic rings. The molecule has 1 aromatic heterocycles. The number of furan rings is 1. The topological polar surface area (TPSA) is 42.7 Å². The van der Waals surface area contributed by atoms with Crippen LogP contribution in [0.15, 0.2) is 46.9 Å². The van der Waals surface area contributed by atoms with Crippen molar-refractivity contribution >= 4 is 16.9 Å². The molecule has 3 aromatic rings. The highest BCUT2D eigenvalue weighted by Gasteiger charge is 2.18. The van der Waals surface area contributed by atoms with E-state index in [9.17, 15) is 9.18 Å². The van der Waals surface area contributed by atoms with Crippen LogP contribution in [0.2, 0.25) is 0 Å². The number of hydrogen-bond acceptors (Lipinski definition) is 4. The second kappa shape index (κ2) is 6.92. The van der Waals surface area contributed by atoms with Crippen LogP contribution in [0, 0.1) is 5.82 Å². The molecule has 1 saturated heterocycles. The van der Waals surface area contributed by atoms with Crippen molar-refractivity contribution in [2.24, 2.45) is 0 Å². The first-order valence-electron chi connectivity index (χ1n) is 8.77. The molecule has 4 rings (SSSR count). The van der Waals surface area contributed by atoms with Gasteiger partial charge in [0.25, 0.3) is 0 Å². The second-order valence-corrected chi connectivity index (χ2v) is 6.65. The van der Waals surface area contributed by atoms with Crippen LogP contribution in [-0.2, 0) is 11.3 Å². The third-order valence-electron chi connectivity index (χ3n) is 4.83. The quantitative estimate of drug-likeness (QED) is 0.642. The van der Waals surface area contributed by atoms with Crippen LogP contribution in [0.3, 0.4) is 0 Å². The maximum atomic E-state index is 13.8. The number of halogens is 1. The fourth-order valence-corrected chi connectivity index (χ4v) is 3.49. The maximum Gasteiger partial charge on any atom is 0.341 e. The largest absolute Gasteiger partial charge is 0.465 e. The Hall–Kier alpha value is -2.66. The van der Waals surface area contributed by atoms with Gasteiger partial charge in [-0.2, -0.15) is 0 Å². The highest BCUT2D eigenvalue weighted by atomic mass is 19.1. The van der Waals surface area contributed by atoms with E-state index >= 15 is 0 Å². The molecule has 0 bridgehead atoms. The Morgan fingerprint density at radius 2 is 1.88 bits per heavy atom. The Balaban J connectivity index is 1.65. The summed E-state index contributed by atoms with van der Waals surface area (Å²) in [5.41, 5.74) is 2.59. The predicted molar refractivity (Wildman–Crippen MR) is 97.5 cm³/mol. The molecule has 2 aromatic carbocycles. The Labute approximate surface area is 151 Å². The summed E-state index contributed by atoms with van der Waals surface area (Å²) in [5.74, 6) is -0.508. The standard InChI is InChI=1S/C21H20FNO3/c1-25-21(24)18-12-17(22)10-16-11-19(26-20(16)18)15-6-4-14(5-7-15)13-23-8-2-3-9-23/h4-7,10-12H,2-3,8-9,13H2,1H3. The Bertz CT molecular complexity index is 940. The van der Waals surface area contributed by atoms with Crippen LogP contribution in [0.4, 0.5) is 4.39 Å². The van der Waals surface area contributed by atoms with Crippen molar-refractivity contribution in [3.8, 4) is 11.3 Å². The van der Waals surface area contributed by atoms with E-state index in [0.717, 1.165) is 31.3 Å². The average Bonchev–Trinajstić information content (AvgIpc) is 3.30. The number of methoxy groups -OCH3 is 1. The van der Waals surface area contributed by atoms with Gasteiger partial charge >= 0.3 is 5.97 Å². The van der Waals surface area contributed by atoms with Crippen molar-refractivity contribution in [3.05, 3.63) is 59.4 Å². The van der Waals surface area contributed by atoms with Crippen molar-refractivity contribution < 1.29 is 18.3 Å². The third kappa shape index (κ3) is 3.22. The third-order valence-corrected chi connectivity index (χ3v) is 4.83. The molecule has 2 heterocycles. The van der Waals surface area contributed by atoms with Crippen molar-refractivity contribution in [2.75, 3.05) is 20.2 Å². The summed E-state index contributed by atoms with van der Waals surface area (Å²) in [6.45, 7) is 3.28. The van der Waals surface area contributed by atoms with Gasteiger partial charge in [-0.05, 0) is 49.7 Å². The molecular weight excluding hydrogens is 333 g/mol. The van der Waals surface area contributed by atoms with Gasteiger partial charge in [0.2, 0.25) is 0 Å². The number of likely N-dealkylation sites (tertiary alicyclic amines) is 1. The highest BCUT2D eigenvalue weighted by molar-refractivity contribution is 6.03. The van der Waals surface area contributed by atoms with E-state index < -0.39 is 11.8 Å². The Morgan fingerprint density at radius 3 is 2.58 bits per heavy atom. The molecule has 0 atom stereocenters. The molecule has 5 heteroatoms. The molecule has 26 heavy (non-hydrogen) atoms. The number of carbonyl (C=O) groups is 1. The Kier molecular flexibility index (Phi) is 4.47. The van der Waals surface area contributed by atoms with Gasteiger partial charge in [-0.25, -0.2) is 9.18 Å². The maximum absolute atomic E-state index is 13.8. The summed E-state index contributed by atoms with van der Waals surface area (Å²) < 4.78 is 24.4. The van der Waals surface area contributed by atoms with Gasteiger partial charge in [-0.15, -0.1) is 0 Å². The zero-order chi connectivity index (χ0) is 18.1. The number of esters is 1. The van der Waals surface area contributed by atoms with Gasteiger partial charge in [0.15, 0.2) is 0 Å². The van der Waals surface area contributed by atoms with E-state index in [0.29, 0.717) is 16.7 Å². The first-order chi connectivity index (χ1) is 12.6. The van der Waals surface area contributed by atoms with Gasteiger partial charge < -0.3 is 9.15 Å². The number of carbonyl (C=O) groups excluding carboxylic acids is 1. The van der Waals surface area contributed by atoms with Crippen LogP contribution in [-0.4, -0.2) is 31.1 Å². The van der Waals surface area contributed by atoms with Crippen molar-refractivity contribution in [1.29, 1.82) is 0 Å². The zero-order valence-corrected chi connectivity index (χ0v) is 14.6. The number of rotatable bonds is 4. The fraction of sp³-hybridized carbons (Fsp3) is 0.286. The Morgan fingerprint density at radius 1 is 1.15 bits per heavy atom. The molecule has 1 fully saturated rings. The molecule has 0 saturated carbocycles. The lowest BCUT2D eigenvalue weighted by Gasteiger charge is -2.14. The van der Waals surface area contributed by atoms with Crippen LogP contribution < -0.4 is 0 Å². The van der Waals surface area contributed by atoms with E-state index in [1.807, 2.05) is 12.1 Å². The van der Waals surface area contributed by atoms with Crippen LogP contribution in [0.5, 0.6) is 0 Å². The molecular formula is C21H20FNO3. The molecule has 0 spiro atoms. The average molecular weight is 353 g/mol. The molecule has 0 amide bonds. The highest BCUT2D eigenvalue weighted by Crippen LogP contribution is 2.31. The molecule has 4 nitrogen and oxygen atoms in total. The van der Waals surface area contributed by atoms with Crippen molar-refractivity contribution in [3.63, 3.8) is 0 Å². The van der Waals surface area contributed by atoms with Crippen molar-refractivity contribution in [1.82, 2.24) is 4.90 Å². The number of benzene rings is 2. The van der Waals surface area contributed by atoms with E-state index in [4.69, 9.17) is 9.15 Å². The van der Waals surface area contributed by atoms with E-state index in [-0.39, 0.29) is 5.56 Å². The second-order valence-electron chi connectivity index (χ2n) is 6.65.